The fourth-order valence-electron chi connectivity index (χ4n) is 7.96. The van der Waals surface area contributed by atoms with Crippen LogP contribution in [0.2, 0.25) is 0 Å². The fourth-order valence-corrected chi connectivity index (χ4v) is 7.96. The lowest BCUT2D eigenvalue weighted by atomic mass is 10.0. The van der Waals surface area contributed by atoms with Gasteiger partial charge in [0.15, 0.2) is 0 Å². The molecule has 0 aliphatic carbocycles. The number of ether oxygens (including phenoxy) is 5. The van der Waals surface area contributed by atoms with Gasteiger partial charge in [0.2, 0.25) is 11.8 Å². The third-order valence-corrected chi connectivity index (χ3v) is 11.5. The first-order valence-corrected chi connectivity index (χ1v) is 27.2. The molecule has 0 radical (unpaired) electrons. The van der Waals surface area contributed by atoms with Crippen LogP contribution in [-0.4, -0.2) is 113 Å². The number of pyridine rings is 2. The fraction of sp³-hybridized carbons (Fsp3) is 0.603. The van der Waals surface area contributed by atoms with Crippen molar-refractivity contribution in [1.82, 2.24) is 25.9 Å². The number of hydrogen-bond acceptors (Lipinski definition) is 15. The van der Waals surface area contributed by atoms with Crippen molar-refractivity contribution in [3.63, 3.8) is 0 Å². The number of fused-ring (bicyclic) bond motifs is 2. The van der Waals surface area contributed by atoms with Crippen LogP contribution in [0, 0.1) is 0 Å². The molecule has 5 amide bonds. The van der Waals surface area contributed by atoms with Gasteiger partial charge in [0.05, 0.1) is 0 Å². The molecule has 2 aliphatic rings. The summed E-state index contributed by atoms with van der Waals surface area (Å²) in [6, 6.07) is 15.1. The van der Waals surface area contributed by atoms with E-state index in [9.17, 15) is 33.6 Å². The highest BCUT2D eigenvalue weighted by Gasteiger charge is 2.32. The molecular weight excluding hydrogens is 1000 g/mol. The molecule has 78 heavy (non-hydrogen) atoms. The number of esters is 2. The summed E-state index contributed by atoms with van der Waals surface area (Å²) in [6.45, 7) is 22.6. The van der Waals surface area contributed by atoms with Gasteiger partial charge in [0.25, 0.3) is 0 Å². The SMILES string of the molecule is CC(C)(C)OC(=O)[C@@H](N)CNC(=O)CCCCc1ccc2c(n1)N(C(=O)OC(C)(C)C)CCC2.CC(C)(C)OC(=O)[C@H](CNC(=O)CCCCc1ccc2c(n1)N(C(=O)OC(C)(C)C)CCC2)NC(=O)OCc1ccccc1. The van der Waals surface area contributed by atoms with E-state index in [4.69, 9.17) is 39.4 Å². The molecule has 0 bridgehead atoms. The highest BCUT2D eigenvalue weighted by molar-refractivity contribution is 5.89. The molecule has 20 nitrogen and oxygen atoms in total. The minimum Gasteiger partial charge on any atom is -0.459 e. The quantitative estimate of drug-likeness (QED) is 0.0498. The first-order valence-electron chi connectivity index (χ1n) is 27.2. The zero-order valence-electron chi connectivity index (χ0n) is 48.1. The number of hydrogen-bond donors (Lipinski definition) is 4. The van der Waals surface area contributed by atoms with Crippen molar-refractivity contribution < 1.29 is 57.2 Å². The van der Waals surface area contributed by atoms with Gasteiger partial charge < -0.3 is 45.4 Å². The molecule has 20 heteroatoms. The molecule has 0 saturated heterocycles. The summed E-state index contributed by atoms with van der Waals surface area (Å²) < 4.78 is 27.0. The molecule has 0 unspecified atom stereocenters. The zero-order valence-corrected chi connectivity index (χ0v) is 48.1. The summed E-state index contributed by atoms with van der Waals surface area (Å²) in [4.78, 5) is 99.8. The number of nitrogens with two attached hydrogens (primary N) is 1. The first-order chi connectivity index (χ1) is 36.4. The first kappa shape index (κ1) is 63.7. The predicted molar refractivity (Wildman–Crippen MR) is 297 cm³/mol. The number of carbonyl (C=O) groups is 7. The maximum atomic E-state index is 12.8. The van der Waals surface area contributed by atoms with E-state index in [0.717, 1.165) is 60.2 Å². The van der Waals surface area contributed by atoms with Crippen LogP contribution in [-0.2, 0) is 75.2 Å². The van der Waals surface area contributed by atoms with Crippen LogP contribution >= 0.6 is 0 Å². The predicted octanol–water partition coefficient (Wildman–Crippen LogP) is 8.50. The van der Waals surface area contributed by atoms with Crippen LogP contribution < -0.4 is 31.5 Å². The van der Waals surface area contributed by atoms with Gasteiger partial charge in [-0.2, -0.15) is 0 Å². The Morgan fingerprint density at radius 3 is 1.45 bits per heavy atom. The summed E-state index contributed by atoms with van der Waals surface area (Å²) in [5.74, 6) is -0.309. The molecule has 430 valence electrons. The number of benzene rings is 1. The van der Waals surface area contributed by atoms with Gasteiger partial charge in [-0.1, -0.05) is 42.5 Å². The minimum absolute atomic E-state index is 0.0399. The van der Waals surface area contributed by atoms with Gasteiger partial charge in [-0.3, -0.25) is 24.2 Å². The standard InChI is InChI=1S/C33H46N4O7.C25H40N4O5/c1-32(2,3)43-29(39)26(36-30(40)42-22-23-13-8-7-9-14-23)21-34-27(38)17-11-10-16-25-19-18-24-15-12-20-37(28(24)35-25)31(41)44-33(4,5)6;1-24(2,3)33-22(31)19(26)16-27-20(30)12-8-7-11-18-14-13-17-10-9-15-29(21(17)28-18)23(32)34-25(4,5)6/h7-9,13-14,18-19,26H,10-12,15-17,20-22H2,1-6H3,(H,34,38)(H,36,40);13-14,19H,7-12,15-16,26H2,1-6H3,(H,27,30)/t26-;19-/m00/s1. The lowest BCUT2D eigenvalue weighted by molar-refractivity contribution is -0.158. The molecule has 2 aromatic heterocycles. The van der Waals surface area contributed by atoms with Crippen molar-refractivity contribution in [2.45, 2.75) is 201 Å². The molecule has 1 aromatic carbocycles. The molecule has 3 aromatic rings. The maximum Gasteiger partial charge on any atom is 0.416 e. The number of unbranched alkanes of at least 4 members (excludes halogenated alkanes) is 2. The number of nitrogens with zero attached hydrogens (tertiary/aromatic N) is 4. The van der Waals surface area contributed by atoms with E-state index < -0.39 is 58.6 Å². The largest absolute Gasteiger partial charge is 0.459 e. The molecule has 5 rings (SSSR count). The van der Waals surface area contributed by atoms with Crippen molar-refractivity contribution in [3.8, 4) is 0 Å². The van der Waals surface area contributed by atoms with Crippen LogP contribution in [0.15, 0.2) is 54.6 Å². The Hall–Kier alpha value is -6.83. The van der Waals surface area contributed by atoms with Crippen molar-refractivity contribution in [2.75, 3.05) is 36.0 Å². The van der Waals surface area contributed by atoms with Crippen molar-refractivity contribution in [1.29, 1.82) is 0 Å². The molecule has 4 heterocycles. The van der Waals surface area contributed by atoms with Crippen molar-refractivity contribution >= 4 is 53.7 Å². The maximum absolute atomic E-state index is 12.8. The van der Waals surface area contributed by atoms with E-state index in [-0.39, 0.29) is 44.0 Å². The van der Waals surface area contributed by atoms with E-state index in [0.29, 0.717) is 63.3 Å². The van der Waals surface area contributed by atoms with E-state index in [1.54, 1.807) is 51.3 Å². The van der Waals surface area contributed by atoms with Crippen LogP contribution in [0.4, 0.5) is 26.0 Å². The zero-order chi connectivity index (χ0) is 57.8. The summed E-state index contributed by atoms with van der Waals surface area (Å²) in [5, 5.41) is 7.92. The third kappa shape index (κ3) is 23.8. The van der Waals surface area contributed by atoms with Crippen LogP contribution in [0.1, 0.15) is 163 Å². The summed E-state index contributed by atoms with van der Waals surface area (Å²) in [6.07, 6.45) is 6.51. The summed E-state index contributed by atoms with van der Waals surface area (Å²) in [5.41, 5.74) is 7.81. The third-order valence-electron chi connectivity index (χ3n) is 11.5. The molecule has 0 saturated carbocycles. The number of nitrogens with one attached hydrogen (secondary N) is 3. The Balaban J connectivity index is 0.000000348. The van der Waals surface area contributed by atoms with Gasteiger partial charge in [0, 0.05) is 50.4 Å². The Morgan fingerprint density at radius 1 is 0.564 bits per heavy atom. The van der Waals surface area contributed by atoms with Crippen LogP contribution in [0.25, 0.3) is 0 Å². The molecule has 2 aliphatic heterocycles. The summed E-state index contributed by atoms with van der Waals surface area (Å²) in [7, 11) is 0. The van der Waals surface area contributed by atoms with Gasteiger partial charge >= 0.3 is 30.2 Å². The van der Waals surface area contributed by atoms with E-state index in [1.165, 1.54) is 0 Å². The second-order valence-electron chi connectivity index (χ2n) is 23.5. The van der Waals surface area contributed by atoms with E-state index in [1.807, 2.05) is 96.1 Å². The Morgan fingerprint density at radius 2 is 1.00 bits per heavy atom. The van der Waals surface area contributed by atoms with Gasteiger partial charge in [-0.25, -0.2) is 29.1 Å². The average molecular weight is 1090 g/mol. The smallest absolute Gasteiger partial charge is 0.416 e. The highest BCUT2D eigenvalue weighted by atomic mass is 16.6. The topological polar surface area (TPSA) is 260 Å². The molecule has 5 N–H and O–H groups in total. The van der Waals surface area contributed by atoms with Gasteiger partial charge in [-0.05, 0) is 176 Å². The number of rotatable bonds is 19. The second-order valence-corrected chi connectivity index (χ2v) is 23.5. The number of anilines is 2. The second kappa shape index (κ2) is 29.2. The number of carbonyl (C=O) groups excluding carboxylic acids is 7. The number of aromatic nitrogens is 2. The molecule has 2 atom stereocenters. The molecular formula is C58H86N8O12. The Kier molecular flexibility index (Phi) is 23.9. The number of aryl methyl sites for hydroxylation is 4. The Bertz CT molecular complexity index is 2490. The minimum atomic E-state index is -1.12. The average Bonchev–Trinajstić information content (AvgIpc) is 3.34. The van der Waals surface area contributed by atoms with Gasteiger partial charge in [0.1, 0.15) is 52.7 Å². The number of alkyl carbamates (subject to hydrolysis) is 1. The van der Waals surface area contributed by atoms with Gasteiger partial charge in [-0.15, -0.1) is 0 Å². The molecule has 0 fully saturated rings. The lowest BCUT2D eigenvalue weighted by Gasteiger charge is -2.31. The normalized spacial score (nSPS) is 14.2. The lowest BCUT2D eigenvalue weighted by Crippen LogP contribution is -2.50. The highest BCUT2D eigenvalue weighted by Crippen LogP contribution is 2.29. The summed E-state index contributed by atoms with van der Waals surface area (Å²) >= 11 is 0. The van der Waals surface area contributed by atoms with Crippen LogP contribution in [0.3, 0.4) is 0 Å². The Labute approximate surface area is 461 Å². The molecule has 0 spiro atoms. The van der Waals surface area contributed by atoms with E-state index >= 15 is 0 Å². The monoisotopic (exact) mass is 1090 g/mol. The van der Waals surface area contributed by atoms with E-state index in [2.05, 4.69) is 16.0 Å². The van der Waals surface area contributed by atoms with Crippen molar-refractivity contribution in [2.24, 2.45) is 5.73 Å². The number of amides is 5. The van der Waals surface area contributed by atoms with Crippen LogP contribution in [0.5, 0.6) is 0 Å². The van der Waals surface area contributed by atoms with Crippen molar-refractivity contribution in [3.05, 3.63) is 82.7 Å².